The first-order valence-electron chi connectivity index (χ1n) is 9.38. The van der Waals surface area contributed by atoms with Crippen molar-refractivity contribution in [2.45, 2.75) is 72.8 Å². The van der Waals surface area contributed by atoms with E-state index in [1.54, 1.807) is 0 Å². The van der Waals surface area contributed by atoms with Crippen molar-refractivity contribution in [1.29, 1.82) is 0 Å². The summed E-state index contributed by atoms with van der Waals surface area (Å²) in [6.07, 6.45) is 6.89. The van der Waals surface area contributed by atoms with Gasteiger partial charge in [0.05, 0.1) is 0 Å². The molecule has 2 nitrogen and oxygen atoms in total. The molecule has 1 saturated heterocycles. The Labute approximate surface area is 133 Å². The Balaban J connectivity index is 1.98. The van der Waals surface area contributed by atoms with Crippen LogP contribution in [0.3, 0.4) is 0 Å². The summed E-state index contributed by atoms with van der Waals surface area (Å²) in [4.78, 5) is 2.77. The highest BCUT2D eigenvalue weighted by Gasteiger charge is 2.39. The standard InChI is InChI=1S/C19H38N2/c1-6-10-20-18-17(8-7-9-19(18,4)5)14-21-12-15(2)11-16(3)13-21/h15-18,20H,6-14H2,1-5H3. The first-order valence-corrected chi connectivity index (χ1v) is 9.38. The van der Waals surface area contributed by atoms with Crippen LogP contribution in [0.15, 0.2) is 0 Å². The molecular formula is C19H38N2. The molecule has 0 amide bonds. The fourth-order valence-corrected chi connectivity index (χ4v) is 4.99. The third-order valence-electron chi connectivity index (χ3n) is 5.76. The van der Waals surface area contributed by atoms with Gasteiger partial charge in [0.25, 0.3) is 0 Å². The second-order valence-electron chi connectivity index (χ2n) is 8.74. The van der Waals surface area contributed by atoms with Crippen LogP contribution in [0.1, 0.15) is 66.7 Å². The molecule has 0 spiro atoms. The molecule has 2 fully saturated rings. The van der Waals surface area contributed by atoms with Crippen LogP contribution >= 0.6 is 0 Å². The molecule has 2 heteroatoms. The van der Waals surface area contributed by atoms with Gasteiger partial charge in [0.1, 0.15) is 0 Å². The Morgan fingerprint density at radius 2 is 1.81 bits per heavy atom. The molecule has 21 heavy (non-hydrogen) atoms. The lowest BCUT2D eigenvalue weighted by molar-refractivity contribution is 0.0548. The van der Waals surface area contributed by atoms with Gasteiger partial charge in [-0.3, -0.25) is 0 Å². The first-order chi connectivity index (χ1) is 9.92. The highest BCUT2D eigenvalue weighted by molar-refractivity contribution is 4.95. The predicted octanol–water partition coefficient (Wildman–Crippen LogP) is 4.16. The predicted molar refractivity (Wildman–Crippen MR) is 92.6 cm³/mol. The summed E-state index contributed by atoms with van der Waals surface area (Å²) in [5, 5.41) is 3.90. The minimum atomic E-state index is 0.463. The van der Waals surface area contributed by atoms with Gasteiger partial charge in [-0.2, -0.15) is 0 Å². The maximum Gasteiger partial charge on any atom is 0.0159 e. The number of nitrogens with zero attached hydrogens (tertiary/aromatic N) is 1. The molecule has 0 radical (unpaired) electrons. The number of hydrogen-bond acceptors (Lipinski definition) is 2. The molecule has 0 aromatic carbocycles. The van der Waals surface area contributed by atoms with E-state index in [1.165, 1.54) is 58.3 Å². The second kappa shape index (κ2) is 7.46. The number of nitrogens with one attached hydrogen (secondary N) is 1. The van der Waals surface area contributed by atoms with Gasteiger partial charge >= 0.3 is 0 Å². The van der Waals surface area contributed by atoms with Crippen LogP contribution in [0.2, 0.25) is 0 Å². The smallest absolute Gasteiger partial charge is 0.0159 e. The molecule has 1 saturated carbocycles. The van der Waals surface area contributed by atoms with Crippen molar-refractivity contribution in [3.05, 3.63) is 0 Å². The van der Waals surface area contributed by atoms with Crippen molar-refractivity contribution in [3.63, 3.8) is 0 Å². The Morgan fingerprint density at radius 1 is 1.14 bits per heavy atom. The van der Waals surface area contributed by atoms with E-state index in [9.17, 15) is 0 Å². The van der Waals surface area contributed by atoms with Crippen LogP contribution in [0.5, 0.6) is 0 Å². The molecule has 1 N–H and O–H groups in total. The molecule has 2 aliphatic rings. The summed E-state index contributed by atoms with van der Waals surface area (Å²) in [5.41, 5.74) is 0.463. The summed E-state index contributed by atoms with van der Waals surface area (Å²) < 4.78 is 0. The summed E-state index contributed by atoms with van der Waals surface area (Å²) in [5.74, 6) is 2.61. The van der Waals surface area contributed by atoms with E-state index in [-0.39, 0.29) is 0 Å². The van der Waals surface area contributed by atoms with Crippen molar-refractivity contribution in [2.75, 3.05) is 26.2 Å². The van der Waals surface area contributed by atoms with E-state index in [4.69, 9.17) is 0 Å². The van der Waals surface area contributed by atoms with Gasteiger partial charge in [-0.15, -0.1) is 0 Å². The van der Waals surface area contributed by atoms with Gasteiger partial charge in [-0.05, 0) is 55.4 Å². The maximum atomic E-state index is 3.90. The molecule has 4 atom stereocenters. The van der Waals surface area contributed by atoms with E-state index in [1.807, 2.05) is 0 Å². The molecule has 4 unspecified atom stereocenters. The van der Waals surface area contributed by atoms with Crippen molar-refractivity contribution in [1.82, 2.24) is 10.2 Å². The van der Waals surface area contributed by atoms with Crippen molar-refractivity contribution < 1.29 is 0 Å². The third kappa shape index (κ3) is 4.69. The lowest BCUT2D eigenvalue weighted by Crippen LogP contribution is -2.54. The number of piperidine rings is 1. The Bertz CT molecular complexity index is 303. The van der Waals surface area contributed by atoms with Crippen molar-refractivity contribution in [3.8, 4) is 0 Å². The SMILES string of the molecule is CCCNC1C(CN2CC(C)CC(C)C2)CCCC1(C)C. The Hall–Kier alpha value is -0.0800. The zero-order valence-electron chi connectivity index (χ0n) is 15.1. The molecule has 2 rings (SSSR count). The molecule has 1 heterocycles. The van der Waals surface area contributed by atoms with Crippen LogP contribution in [0.25, 0.3) is 0 Å². The first kappa shape index (κ1) is 17.3. The Morgan fingerprint density at radius 3 is 2.43 bits per heavy atom. The summed E-state index contributed by atoms with van der Waals surface area (Å²) in [7, 11) is 0. The molecule has 0 aromatic rings. The highest BCUT2D eigenvalue weighted by atomic mass is 15.1. The monoisotopic (exact) mass is 294 g/mol. The summed E-state index contributed by atoms with van der Waals surface area (Å²) in [6.45, 7) is 17.2. The van der Waals surface area contributed by atoms with Gasteiger partial charge in [0.2, 0.25) is 0 Å². The van der Waals surface area contributed by atoms with Gasteiger partial charge in [0, 0.05) is 25.7 Å². The number of hydrogen-bond donors (Lipinski definition) is 1. The molecule has 0 bridgehead atoms. The van der Waals surface area contributed by atoms with Crippen LogP contribution in [-0.4, -0.2) is 37.1 Å². The summed E-state index contributed by atoms with van der Waals surface area (Å²) in [6, 6.07) is 0.707. The summed E-state index contributed by atoms with van der Waals surface area (Å²) >= 11 is 0. The zero-order chi connectivity index (χ0) is 15.5. The van der Waals surface area contributed by atoms with Gasteiger partial charge in [-0.25, -0.2) is 0 Å². The van der Waals surface area contributed by atoms with E-state index in [0.29, 0.717) is 11.5 Å². The van der Waals surface area contributed by atoms with E-state index < -0.39 is 0 Å². The zero-order valence-corrected chi connectivity index (χ0v) is 15.1. The minimum Gasteiger partial charge on any atom is -0.313 e. The van der Waals surface area contributed by atoms with Gasteiger partial charge in [-0.1, -0.05) is 41.0 Å². The fraction of sp³-hybridized carbons (Fsp3) is 1.00. The molecule has 0 aromatic heterocycles. The Kier molecular flexibility index (Phi) is 6.14. The lowest BCUT2D eigenvalue weighted by Gasteiger charge is -2.47. The van der Waals surface area contributed by atoms with Crippen LogP contribution in [-0.2, 0) is 0 Å². The van der Waals surface area contributed by atoms with E-state index in [2.05, 4.69) is 44.8 Å². The maximum absolute atomic E-state index is 3.90. The van der Waals surface area contributed by atoms with Gasteiger partial charge in [0.15, 0.2) is 0 Å². The quantitative estimate of drug-likeness (QED) is 0.819. The second-order valence-corrected chi connectivity index (χ2v) is 8.74. The molecule has 124 valence electrons. The lowest BCUT2D eigenvalue weighted by atomic mass is 9.67. The van der Waals surface area contributed by atoms with Crippen LogP contribution < -0.4 is 5.32 Å². The van der Waals surface area contributed by atoms with Gasteiger partial charge < -0.3 is 10.2 Å². The van der Waals surface area contributed by atoms with E-state index in [0.717, 1.165) is 17.8 Å². The minimum absolute atomic E-state index is 0.463. The number of likely N-dealkylation sites (tertiary alicyclic amines) is 1. The number of rotatable bonds is 5. The highest BCUT2D eigenvalue weighted by Crippen LogP contribution is 2.39. The topological polar surface area (TPSA) is 15.3 Å². The van der Waals surface area contributed by atoms with E-state index >= 15 is 0 Å². The average Bonchev–Trinajstić information content (AvgIpc) is 2.36. The molecule has 1 aliphatic heterocycles. The van der Waals surface area contributed by atoms with Crippen LogP contribution in [0.4, 0.5) is 0 Å². The third-order valence-corrected chi connectivity index (χ3v) is 5.76. The average molecular weight is 295 g/mol. The van der Waals surface area contributed by atoms with Crippen molar-refractivity contribution in [2.24, 2.45) is 23.2 Å². The largest absolute Gasteiger partial charge is 0.313 e. The molecule has 1 aliphatic carbocycles. The van der Waals surface area contributed by atoms with Crippen molar-refractivity contribution >= 4 is 0 Å². The molecular weight excluding hydrogens is 256 g/mol. The fourth-order valence-electron chi connectivity index (χ4n) is 4.99. The van der Waals surface area contributed by atoms with Crippen LogP contribution in [0, 0.1) is 23.2 Å². The normalized spacial score (nSPS) is 37.6.